The Labute approximate surface area is 131 Å². The monoisotopic (exact) mass is 303 g/mol. The van der Waals surface area contributed by atoms with Crippen LogP contribution in [0.25, 0.3) is 0 Å². The number of hydrogen-bond donors (Lipinski definition) is 3. The standard InChI is InChI=1S/C17H25N3O2/c1-11(2)15(18)17(22)20-14-9-7-12(8-10-14)16(21)19-13-5-3-4-6-13/h7-11,13,15H,3-6,18H2,1-2H3,(H,19,21)(H,20,22)/t15-/m0/s1. The summed E-state index contributed by atoms with van der Waals surface area (Å²) in [6, 6.07) is 6.67. The fraction of sp³-hybridized carbons (Fsp3) is 0.529. The lowest BCUT2D eigenvalue weighted by atomic mass is 10.0. The van der Waals surface area contributed by atoms with Gasteiger partial charge in [-0.25, -0.2) is 0 Å². The Morgan fingerprint density at radius 1 is 1.14 bits per heavy atom. The van der Waals surface area contributed by atoms with E-state index in [1.54, 1.807) is 24.3 Å². The molecule has 0 saturated heterocycles. The summed E-state index contributed by atoms with van der Waals surface area (Å²) < 4.78 is 0. The van der Waals surface area contributed by atoms with Gasteiger partial charge in [0.15, 0.2) is 0 Å². The zero-order valence-corrected chi connectivity index (χ0v) is 13.3. The molecule has 2 rings (SSSR count). The molecule has 1 aliphatic rings. The highest BCUT2D eigenvalue weighted by Crippen LogP contribution is 2.18. The maximum Gasteiger partial charge on any atom is 0.251 e. The lowest BCUT2D eigenvalue weighted by Crippen LogP contribution is -2.39. The number of amides is 2. The van der Waals surface area contributed by atoms with Gasteiger partial charge in [-0.2, -0.15) is 0 Å². The van der Waals surface area contributed by atoms with Crippen molar-refractivity contribution in [3.63, 3.8) is 0 Å². The van der Waals surface area contributed by atoms with Crippen LogP contribution in [0.3, 0.4) is 0 Å². The van der Waals surface area contributed by atoms with E-state index in [4.69, 9.17) is 5.73 Å². The molecule has 22 heavy (non-hydrogen) atoms. The summed E-state index contributed by atoms with van der Waals surface area (Å²) in [6.07, 6.45) is 4.50. The Kier molecular flexibility index (Phi) is 5.55. The quantitative estimate of drug-likeness (QED) is 0.780. The number of benzene rings is 1. The zero-order valence-electron chi connectivity index (χ0n) is 13.3. The molecule has 0 heterocycles. The molecule has 1 aromatic carbocycles. The summed E-state index contributed by atoms with van der Waals surface area (Å²) in [5.74, 6) is -0.182. The molecule has 0 aliphatic heterocycles. The first kappa shape index (κ1) is 16.5. The van der Waals surface area contributed by atoms with Crippen LogP contribution in [0.15, 0.2) is 24.3 Å². The van der Waals surface area contributed by atoms with Crippen molar-refractivity contribution in [3.05, 3.63) is 29.8 Å². The summed E-state index contributed by atoms with van der Waals surface area (Å²) in [5.41, 5.74) is 7.06. The molecule has 1 fully saturated rings. The fourth-order valence-corrected chi connectivity index (χ4v) is 2.57. The third-order valence-electron chi connectivity index (χ3n) is 4.13. The first-order valence-corrected chi connectivity index (χ1v) is 7.94. The van der Waals surface area contributed by atoms with E-state index in [-0.39, 0.29) is 17.7 Å². The van der Waals surface area contributed by atoms with Gasteiger partial charge in [0, 0.05) is 17.3 Å². The summed E-state index contributed by atoms with van der Waals surface area (Å²) in [6.45, 7) is 3.81. The van der Waals surface area contributed by atoms with Gasteiger partial charge in [-0.15, -0.1) is 0 Å². The molecule has 2 amide bonds. The lowest BCUT2D eigenvalue weighted by Gasteiger charge is -2.15. The van der Waals surface area contributed by atoms with E-state index in [0.29, 0.717) is 17.3 Å². The van der Waals surface area contributed by atoms with E-state index in [2.05, 4.69) is 10.6 Å². The first-order valence-electron chi connectivity index (χ1n) is 7.94. The van der Waals surface area contributed by atoms with Crippen molar-refractivity contribution in [2.75, 3.05) is 5.32 Å². The third kappa shape index (κ3) is 4.31. The highest BCUT2D eigenvalue weighted by atomic mass is 16.2. The van der Waals surface area contributed by atoms with Crippen LogP contribution in [0.4, 0.5) is 5.69 Å². The van der Waals surface area contributed by atoms with Crippen molar-refractivity contribution in [1.29, 1.82) is 0 Å². The Morgan fingerprint density at radius 2 is 1.73 bits per heavy atom. The van der Waals surface area contributed by atoms with Crippen LogP contribution < -0.4 is 16.4 Å². The molecular weight excluding hydrogens is 278 g/mol. The highest BCUT2D eigenvalue weighted by molar-refractivity contribution is 5.97. The number of anilines is 1. The molecule has 1 aliphatic carbocycles. The van der Waals surface area contributed by atoms with E-state index in [0.717, 1.165) is 12.8 Å². The Morgan fingerprint density at radius 3 is 2.27 bits per heavy atom. The van der Waals surface area contributed by atoms with Gasteiger partial charge in [-0.3, -0.25) is 9.59 Å². The minimum atomic E-state index is -0.537. The Hall–Kier alpha value is -1.88. The van der Waals surface area contributed by atoms with Gasteiger partial charge in [-0.05, 0) is 43.0 Å². The molecule has 0 spiro atoms. The minimum absolute atomic E-state index is 0.0522. The van der Waals surface area contributed by atoms with Crippen molar-refractivity contribution >= 4 is 17.5 Å². The normalized spacial score (nSPS) is 16.5. The van der Waals surface area contributed by atoms with Gasteiger partial charge >= 0.3 is 0 Å². The van der Waals surface area contributed by atoms with E-state index >= 15 is 0 Å². The lowest BCUT2D eigenvalue weighted by molar-refractivity contribution is -0.118. The van der Waals surface area contributed by atoms with Crippen LogP contribution >= 0.6 is 0 Å². The van der Waals surface area contributed by atoms with Crippen molar-refractivity contribution in [2.45, 2.75) is 51.6 Å². The van der Waals surface area contributed by atoms with Crippen molar-refractivity contribution in [2.24, 2.45) is 11.7 Å². The topological polar surface area (TPSA) is 84.2 Å². The number of carbonyl (C=O) groups excluding carboxylic acids is 2. The number of hydrogen-bond acceptors (Lipinski definition) is 3. The molecule has 0 unspecified atom stereocenters. The molecule has 4 N–H and O–H groups in total. The summed E-state index contributed by atoms with van der Waals surface area (Å²) >= 11 is 0. The van der Waals surface area contributed by atoms with Crippen molar-refractivity contribution in [1.82, 2.24) is 5.32 Å². The van der Waals surface area contributed by atoms with E-state index in [1.165, 1.54) is 12.8 Å². The zero-order chi connectivity index (χ0) is 16.1. The summed E-state index contributed by atoms with van der Waals surface area (Å²) in [5, 5.41) is 5.81. The largest absolute Gasteiger partial charge is 0.349 e. The number of nitrogens with one attached hydrogen (secondary N) is 2. The molecule has 5 nitrogen and oxygen atoms in total. The van der Waals surface area contributed by atoms with Gasteiger partial charge in [0.2, 0.25) is 5.91 Å². The summed E-state index contributed by atoms with van der Waals surface area (Å²) in [4.78, 5) is 24.0. The maximum absolute atomic E-state index is 12.1. The fourth-order valence-electron chi connectivity index (χ4n) is 2.57. The van der Waals surface area contributed by atoms with Crippen molar-refractivity contribution < 1.29 is 9.59 Å². The average molecular weight is 303 g/mol. The van der Waals surface area contributed by atoms with Gasteiger partial charge < -0.3 is 16.4 Å². The second-order valence-electron chi connectivity index (χ2n) is 6.29. The number of rotatable bonds is 5. The van der Waals surface area contributed by atoms with Gasteiger partial charge in [0.05, 0.1) is 6.04 Å². The van der Waals surface area contributed by atoms with Crippen molar-refractivity contribution in [3.8, 4) is 0 Å². The first-order chi connectivity index (χ1) is 10.5. The van der Waals surface area contributed by atoms with E-state index < -0.39 is 6.04 Å². The van der Waals surface area contributed by atoms with Crippen LogP contribution in [-0.2, 0) is 4.79 Å². The minimum Gasteiger partial charge on any atom is -0.349 e. The van der Waals surface area contributed by atoms with Gasteiger partial charge in [-0.1, -0.05) is 26.7 Å². The maximum atomic E-state index is 12.1. The van der Waals surface area contributed by atoms with Gasteiger partial charge in [0.1, 0.15) is 0 Å². The van der Waals surface area contributed by atoms with Crippen LogP contribution in [0.5, 0.6) is 0 Å². The number of nitrogens with two attached hydrogens (primary N) is 1. The summed E-state index contributed by atoms with van der Waals surface area (Å²) in [7, 11) is 0. The molecule has 1 saturated carbocycles. The van der Waals surface area contributed by atoms with E-state index in [1.807, 2.05) is 13.8 Å². The average Bonchev–Trinajstić information content (AvgIpc) is 2.99. The predicted octanol–water partition coefficient (Wildman–Crippen LogP) is 2.28. The molecule has 0 aromatic heterocycles. The second kappa shape index (κ2) is 7.40. The van der Waals surface area contributed by atoms with Crippen LogP contribution in [0.1, 0.15) is 49.9 Å². The Balaban J connectivity index is 1.92. The highest BCUT2D eigenvalue weighted by Gasteiger charge is 2.19. The molecule has 0 radical (unpaired) electrons. The molecule has 5 heteroatoms. The molecule has 1 atom stereocenters. The van der Waals surface area contributed by atoms with Crippen LogP contribution in [0.2, 0.25) is 0 Å². The second-order valence-corrected chi connectivity index (χ2v) is 6.29. The van der Waals surface area contributed by atoms with Gasteiger partial charge in [0.25, 0.3) is 5.91 Å². The smallest absolute Gasteiger partial charge is 0.251 e. The predicted molar refractivity (Wildman–Crippen MR) is 87.6 cm³/mol. The number of carbonyl (C=O) groups is 2. The molecular formula is C17H25N3O2. The molecule has 0 bridgehead atoms. The molecule has 120 valence electrons. The third-order valence-corrected chi connectivity index (χ3v) is 4.13. The molecule has 1 aromatic rings. The van der Waals surface area contributed by atoms with E-state index in [9.17, 15) is 9.59 Å². The van der Waals surface area contributed by atoms with Crippen LogP contribution in [0, 0.1) is 5.92 Å². The Bertz CT molecular complexity index is 519. The van der Waals surface area contributed by atoms with Crippen LogP contribution in [-0.4, -0.2) is 23.9 Å². The SMILES string of the molecule is CC(C)[C@H](N)C(=O)Nc1ccc(C(=O)NC2CCCC2)cc1.